The highest BCUT2D eigenvalue weighted by Gasteiger charge is 2.34. The van der Waals surface area contributed by atoms with Crippen molar-refractivity contribution in [3.63, 3.8) is 0 Å². The van der Waals surface area contributed by atoms with Crippen LogP contribution in [0.4, 0.5) is 0 Å². The molecule has 0 radical (unpaired) electrons. The van der Waals surface area contributed by atoms with Crippen molar-refractivity contribution in [3.8, 4) is 5.75 Å². The summed E-state index contributed by atoms with van der Waals surface area (Å²) in [4.78, 5) is 14.5. The third-order valence-electron chi connectivity index (χ3n) is 4.52. The van der Waals surface area contributed by atoms with Gasteiger partial charge in [-0.3, -0.25) is 4.79 Å². The predicted molar refractivity (Wildman–Crippen MR) is 83.3 cm³/mol. The largest absolute Gasteiger partial charge is 0.506 e. The zero-order valence-electron chi connectivity index (χ0n) is 12.1. The Morgan fingerprint density at radius 1 is 1.33 bits per heavy atom. The number of amides is 1. The molecule has 21 heavy (non-hydrogen) atoms. The van der Waals surface area contributed by atoms with E-state index in [0.29, 0.717) is 30.0 Å². The molecule has 4 nitrogen and oxygen atoms in total. The molecule has 1 fully saturated rings. The molecule has 2 unspecified atom stereocenters. The molecule has 3 rings (SSSR count). The van der Waals surface area contributed by atoms with E-state index in [4.69, 9.17) is 5.73 Å². The van der Waals surface area contributed by atoms with Gasteiger partial charge in [-0.15, -0.1) is 0 Å². The van der Waals surface area contributed by atoms with Crippen LogP contribution in [0.1, 0.15) is 23.7 Å². The zero-order valence-corrected chi connectivity index (χ0v) is 12.1. The van der Waals surface area contributed by atoms with Crippen LogP contribution in [0.25, 0.3) is 10.8 Å². The molecule has 3 N–H and O–H groups in total. The van der Waals surface area contributed by atoms with Crippen LogP contribution in [0, 0.1) is 5.92 Å². The van der Waals surface area contributed by atoms with E-state index in [-0.39, 0.29) is 17.7 Å². The summed E-state index contributed by atoms with van der Waals surface area (Å²) in [7, 11) is 0. The number of nitrogens with zero attached hydrogens (tertiary/aromatic N) is 1. The first-order chi connectivity index (χ1) is 10.1. The first-order valence-electron chi connectivity index (χ1n) is 7.35. The van der Waals surface area contributed by atoms with Crippen LogP contribution in [0.3, 0.4) is 0 Å². The third kappa shape index (κ3) is 2.25. The number of carbonyl (C=O) groups is 1. The number of nitrogens with two attached hydrogens (primary N) is 1. The summed E-state index contributed by atoms with van der Waals surface area (Å²) >= 11 is 0. The van der Waals surface area contributed by atoms with E-state index in [2.05, 4.69) is 6.92 Å². The number of likely N-dealkylation sites (tertiary alicyclic amines) is 1. The molecule has 1 aliphatic rings. The summed E-state index contributed by atoms with van der Waals surface area (Å²) in [5, 5.41) is 12.1. The SMILES string of the molecule is CC1CCN(C(=O)c2ccc3ccccc3c2O)C1CN. The van der Waals surface area contributed by atoms with Gasteiger partial charge in [-0.2, -0.15) is 0 Å². The lowest BCUT2D eigenvalue weighted by molar-refractivity contribution is 0.0724. The van der Waals surface area contributed by atoms with Gasteiger partial charge in [0, 0.05) is 24.5 Å². The van der Waals surface area contributed by atoms with Gasteiger partial charge in [-0.1, -0.05) is 37.3 Å². The van der Waals surface area contributed by atoms with Gasteiger partial charge in [-0.05, 0) is 23.8 Å². The van der Waals surface area contributed by atoms with Gasteiger partial charge >= 0.3 is 0 Å². The lowest BCUT2D eigenvalue weighted by Gasteiger charge is -2.26. The molecule has 1 aliphatic heterocycles. The standard InChI is InChI=1S/C17H20N2O2/c1-11-8-9-19(15(11)10-18)17(21)14-7-6-12-4-2-3-5-13(12)16(14)20/h2-7,11,15,20H,8-10,18H2,1H3. The molecule has 1 saturated heterocycles. The molecular formula is C17H20N2O2. The highest BCUT2D eigenvalue weighted by atomic mass is 16.3. The molecule has 2 aromatic rings. The van der Waals surface area contributed by atoms with Crippen LogP contribution < -0.4 is 5.73 Å². The van der Waals surface area contributed by atoms with Crippen molar-refractivity contribution in [2.45, 2.75) is 19.4 Å². The quantitative estimate of drug-likeness (QED) is 0.889. The molecule has 1 heterocycles. The van der Waals surface area contributed by atoms with E-state index in [1.165, 1.54) is 0 Å². The smallest absolute Gasteiger partial charge is 0.257 e. The minimum Gasteiger partial charge on any atom is -0.506 e. The van der Waals surface area contributed by atoms with E-state index >= 15 is 0 Å². The molecule has 0 aromatic heterocycles. The van der Waals surface area contributed by atoms with Crippen molar-refractivity contribution >= 4 is 16.7 Å². The van der Waals surface area contributed by atoms with Gasteiger partial charge in [0.15, 0.2) is 0 Å². The minimum absolute atomic E-state index is 0.0587. The number of phenolic OH excluding ortho intramolecular Hbond substituents is 1. The number of benzene rings is 2. The van der Waals surface area contributed by atoms with E-state index in [1.807, 2.05) is 30.3 Å². The van der Waals surface area contributed by atoms with E-state index < -0.39 is 0 Å². The third-order valence-corrected chi connectivity index (χ3v) is 4.52. The van der Waals surface area contributed by atoms with Gasteiger partial charge < -0.3 is 15.7 Å². The fourth-order valence-electron chi connectivity index (χ4n) is 3.20. The molecule has 2 aromatic carbocycles. The van der Waals surface area contributed by atoms with Crippen molar-refractivity contribution in [3.05, 3.63) is 42.0 Å². The summed E-state index contributed by atoms with van der Waals surface area (Å²) in [5.74, 6) is 0.341. The van der Waals surface area contributed by atoms with Crippen LogP contribution in [-0.2, 0) is 0 Å². The second-order valence-electron chi connectivity index (χ2n) is 5.75. The van der Waals surface area contributed by atoms with Gasteiger partial charge in [0.25, 0.3) is 5.91 Å². The topological polar surface area (TPSA) is 66.6 Å². The fourth-order valence-corrected chi connectivity index (χ4v) is 3.20. The Bertz CT molecular complexity index is 684. The molecule has 4 heteroatoms. The minimum atomic E-state index is -0.127. The second kappa shape index (κ2) is 5.37. The van der Waals surface area contributed by atoms with Crippen molar-refractivity contribution in [2.75, 3.05) is 13.1 Å². The molecule has 1 amide bonds. The van der Waals surface area contributed by atoms with Crippen LogP contribution in [0.2, 0.25) is 0 Å². The zero-order chi connectivity index (χ0) is 15.0. The maximum Gasteiger partial charge on any atom is 0.257 e. The summed E-state index contributed by atoms with van der Waals surface area (Å²) in [5.41, 5.74) is 6.16. The average molecular weight is 284 g/mol. The lowest BCUT2D eigenvalue weighted by atomic mass is 10.0. The molecule has 2 atom stereocenters. The molecular weight excluding hydrogens is 264 g/mol. The summed E-state index contributed by atoms with van der Waals surface area (Å²) < 4.78 is 0. The molecule has 110 valence electrons. The Morgan fingerprint density at radius 2 is 2.10 bits per heavy atom. The number of carbonyl (C=O) groups excluding carboxylic acids is 1. The summed E-state index contributed by atoms with van der Waals surface area (Å²) in [6.07, 6.45) is 0.960. The first kappa shape index (κ1) is 13.9. The van der Waals surface area contributed by atoms with Crippen LogP contribution in [-0.4, -0.2) is 35.0 Å². The molecule has 0 aliphatic carbocycles. The van der Waals surface area contributed by atoms with E-state index in [1.54, 1.807) is 11.0 Å². The highest BCUT2D eigenvalue weighted by molar-refractivity contribution is 6.03. The number of fused-ring (bicyclic) bond motifs is 1. The Kier molecular flexibility index (Phi) is 3.55. The summed E-state index contributed by atoms with van der Waals surface area (Å²) in [6, 6.07) is 11.2. The number of hydrogen-bond acceptors (Lipinski definition) is 3. The number of aromatic hydroxyl groups is 1. The lowest BCUT2D eigenvalue weighted by Crippen LogP contribution is -2.42. The number of rotatable bonds is 2. The van der Waals surface area contributed by atoms with Crippen LogP contribution in [0.15, 0.2) is 36.4 Å². The molecule has 0 spiro atoms. The van der Waals surface area contributed by atoms with Gasteiger partial charge in [0.1, 0.15) is 5.75 Å². The Hall–Kier alpha value is -2.07. The van der Waals surface area contributed by atoms with Gasteiger partial charge in [-0.25, -0.2) is 0 Å². The number of hydrogen-bond donors (Lipinski definition) is 2. The fraction of sp³-hybridized carbons (Fsp3) is 0.353. The first-order valence-corrected chi connectivity index (χ1v) is 7.35. The normalized spacial score (nSPS) is 21.9. The Morgan fingerprint density at radius 3 is 2.86 bits per heavy atom. The predicted octanol–water partition coefficient (Wildman–Crippen LogP) is 2.35. The highest BCUT2D eigenvalue weighted by Crippen LogP contribution is 2.32. The van der Waals surface area contributed by atoms with Crippen molar-refractivity contribution < 1.29 is 9.90 Å². The van der Waals surface area contributed by atoms with Crippen molar-refractivity contribution in [1.29, 1.82) is 0 Å². The summed E-state index contributed by atoms with van der Waals surface area (Å²) in [6.45, 7) is 3.28. The van der Waals surface area contributed by atoms with Crippen LogP contribution >= 0.6 is 0 Å². The Balaban J connectivity index is 2.00. The molecule has 0 bridgehead atoms. The maximum atomic E-state index is 12.7. The average Bonchev–Trinajstić information content (AvgIpc) is 2.88. The second-order valence-corrected chi connectivity index (χ2v) is 5.75. The van der Waals surface area contributed by atoms with Crippen molar-refractivity contribution in [2.24, 2.45) is 11.7 Å². The molecule has 0 saturated carbocycles. The van der Waals surface area contributed by atoms with Crippen LogP contribution in [0.5, 0.6) is 5.75 Å². The maximum absolute atomic E-state index is 12.7. The van der Waals surface area contributed by atoms with Gasteiger partial charge in [0.05, 0.1) is 5.56 Å². The van der Waals surface area contributed by atoms with E-state index in [9.17, 15) is 9.90 Å². The van der Waals surface area contributed by atoms with Crippen molar-refractivity contribution in [1.82, 2.24) is 4.90 Å². The van der Waals surface area contributed by atoms with E-state index in [0.717, 1.165) is 11.8 Å². The Labute approximate surface area is 124 Å². The monoisotopic (exact) mass is 284 g/mol. The van der Waals surface area contributed by atoms with Gasteiger partial charge in [0.2, 0.25) is 0 Å². The number of phenols is 1.